The highest BCUT2D eigenvalue weighted by atomic mass is 16.4. The summed E-state index contributed by atoms with van der Waals surface area (Å²) in [5.74, 6) is -1.03. The molecule has 0 radical (unpaired) electrons. The zero-order chi connectivity index (χ0) is 11.0. The van der Waals surface area contributed by atoms with Gasteiger partial charge in [-0.15, -0.1) is 0 Å². The summed E-state index contributed by atoms with van der Waals surface area (Å²) in [7, 11) is 3.81. The number of hydrogen-bond donors (Lipinski definition) is 1. The lowest BCUT2D eigenvalue weighted by Gasteiger charge is -2.22. The topological polar surface area (TPSA) is 58.4 Å². The number of carbonyl (C=O) groups is 1. The molecule has 1 aliphatic rings. The van der Waals surface area contributed by atoms with Gasteiger partial charge in [0.05, 0.1) is 17.7 Å². The van der Waals surface area contributed by atoms with E-state index in [9.17, 15) is 4.79 Å². The summed E-state index contributed by atoms with van der Waals surface area (Å²) in [5.41, 5.74) is 0.974. The van der Waals surface area contributed by atoms with Crippen LogP contribution in [0, 0.1) is 5.92 Å². The highest BCUT2D eigenvalue weighted by Crippen LogP contribution is 2.35. The Bertz CT molecular complexity index is 374. The molecule has 0 spiro atoms. The van der Waals surface area contributed by atoms with Crippen LogP contribution in [0.4, 0.5) is 0 Å². The van der Waals surface area contributed by atoms with Crippen LogP contribution in [-0.4, -0.2) is 39.3 Å². The van der Waals surface area contributed by atoms with E-state index in [4.69, 9.17) is 5.11 Å². The van der Waals surface area contributed by atoms with E-state index in [2.05, 4.69) is 10.00 Å². The molecule has 0 aliphatic carbocycles. The van der Waals surface area contributed by atoms with E-state index < -0.39 is 5.97 Å². The summed E-state index contributed by atoms with van der Waals surface area (Å²) in [6.07, 6.45) is 2.42. The molecule has 0 aromatic carbocycles. The van der Waals surface area contributed by atoms with Gasteiger partial charge in [0.25, 0.3) is 0 Å². The summed E-state index contributed by atoms with van der Waals surface area (Å²) < 4.78 is 1.75. The van der Waals surface area contributed by atoms with Crippen LogP contribution in [0.2, 0.25) is 0 Å². The van der Waals surface area contributed by atoms with Crippen LogP contribution in [-0.2, 0) is 11.8 Å². The molecule has 1 aromatic rings. The van der Waals surface area contributed by atoms with Crippen LogP contribution >= 0.6 is 0 Å². The Balaban J connectivity index is 2.33. The largest absolute Gasteiger partial charge is 0.481 e. The van der Waals surface area contributed by atoms with Crippen molar-refractivity contribution in [2.24, 2.45) is 13.0 Å². The second kappa shape index (κ2) is 3.66. The van der Waals surface area contributed by atoms with Gasteiger partial charge < -0.3 is 5.11 Å². The van der Waals surface area contributed by atoms with Crippen molar-refractivity contribution < 1.29 is 9.90 Å². The Morgan fingerprint density at radius 2 is 2.33 bits per heavy atom. The molecule has 2 heterocycles. The minimum atomic E-state index is -0.717. The summed E-state index contributed by atoms with van der Waals surface area (Å²) in [6, 6.07) is 1.84. The predicted octanol–water partition coefficient (Wildman–Crippen LogP) is 0.497. The fourth-order valence-corrected chi connectivity index (χ4v) is 2.31. The number of aryl methyl sites for hydroxylation is 1. The van der Waals surface area contributed by atoms with Crippen molar-refractivity contribution >= 4 is 5.97 Å². The molecule has 82 valence electrons. The van der Waals surface area contributed by atoms with Gasteiger partial charge in [0, 0.05) is 13.2 Å². The van der Waals surface area contributed by atoms with E-state index in [0.29, 0.717) is 6.42 Å². The molecule has 2 rings (SSSR count). The van der Waals surface area contributed by atoms with Crippen molar-refractivity contribution in [3.05, 3.63) is 18.0 Å². The third-order valence-corrected chi connectivity index (χ3v) is 3.13. The van der Waals surface area contributed by atoms with Gasteiger partial charge in [0.2, 0.25) is 0 Å². The molecule has 1 N–H and O–H groups in total. The summed E-state index contributed by atoms with van der Waals surface area (Å²) in [5, 5.41) is 13.2. The quantitative estimate of drug-likeness (QED) is 0.770. The minimum Gasteiger partial charge on any atom is -0.481 e. The first-order chi connectivity index (χ1) is 7.11. The van der Waals surface area contributed by atoms with Crippen molar-refractivity contribution in [1.82, 2.24) is 14.7 Å². The van der Waals surface area contributed by atoms with Crippen LogP contribution < -0.4 is 0 Å². The first kappa shape index (κ1) is 10.2. The average Bonchev–Trinajstić information content (AvgIpc) is 2.71. The number of aromatic nitrogens is 2. The number of rotatable bonds is 2. The smallest absolute Gasteiger partial charge is 0.308 e. The molecule has 1 fully saturated rings. The van der Waals surface area contributed by atoms with E-state index in [1.54, 1.807) is 10.9 Å². The van der Waals surface area contributed by atoms with Crippen molar-refractivity contribution in [2.45, 2.75) is 12.5 Å². The maximum absolute atomic E-state index is 11.1. The third kappa shape index (κ3) is 1.63. The van der Waals surface area contributed by atoms with Crippen molar-refractivity contribution in [3.63, 3.8) is 0 Å². The van der Waals surface area contributed by atoms with Gasteiger partial charge in [0.15, 0.2) is 0 Å². The monoisotopic (exact) mass is 209 g/mol. The zero-order valence-electron chi connectivity index (χ0n) is 8.92. The lowest BCUT2D eigenvalue weighted by atomic mass is 9.98. The van der Waals surface area contributed by atoms with Gasteiger partial charge >= 0.3 is 5.97 Å². The molecule has 1 aliphatic heterocycles. The van der Waals surface area contributed by atoms with Crippen LogP contribution in [0.5, 0.6) is 0 Å². The number of carboxylic acids is 1. The van der Waals surface area contributed by atoms with E-state index in [0.717, 1.165) is 12.2 Å². The van der Waals surface area contributed by atoms with Crippen LogP contribution in [0.3, 0.4) is 0 Å². The Morgan fingerprint density at radius 3 is 2.87 bits per heavy atom. The second-order valence-corrected chi connectivity index (χ2v) is 4.04. The Morgan fingerprint density at radius 1 is 1.60 bits per heavy atom. The predicted molar refractivity (Wildman–Crippen MR) is 54.3 cm³/mol. The highest BCUT2D eigenvalue weighted by molar-refractivity contribution is 5.71. The Labute approximate surface area is 88.3 Å². The highest BCUT2D eigenvalue weighted by Gasteiger charge is 2.39. The number of hydrogen-bond acceptors (Lipinski definition) is 3. The number of carboxylic acid groups (broad SMARTS) is 1. The zero-order valence-corrected chi connectivity index (χ0v) is 8.92. The van der Waals surface area contributed by atoms with E-state index in [1.165, 1.54) is 0 Å². The van der Waals surface area contributed by atoms with Gasteiger partial charge in [-0.2, -0.15) is 5.10 Å². The van der Waals surface area contributed by atoms with Crippen molar-refractivity contribution in [2.75, 3.05) is 13.6 Å². The van der Waals surface area contributed by atoms with Gasteiger partial charge in [-0.1, -0.05) is 0 Å². The fraction of sp³-hybridized carbons (Fsp3) is 0.600. The Kier molecular flexibility index (Phi) is 2.48. The molecule has 2 unspecified atom stereocenters. The molecule has 5 heteroatoms. The van der Waals surface area contributed by atoms with Gasteiger partial charge in [0.1, 0.15) is 0 Å². The number of nitrogens with zero attached hydrogens (tertiary/aromatic N) is 3. The second-order valence-electron chi connectivity index (χ2n) is 4.04. The lowest BCUT2D eigenvalue weighted by Crippen LogP contribution is -2.27. The molecule has 0 amide bonds. The third-order valence-electron chi connectivity index (χ3n) is 3.13. The maximum Gasteiger partial charge on any atom is 0.308 e. The lowest BCUT2D eigenvalue weighted by molar-refractivity contribution is -0.142. The van der Waals surface area contributed by atoms with Crippen LogP contribution in [0.1, 0.15) is 18.2 Å². The van der Waals surface area contributed by atoms with Gasteiger partial charge in [-0.3, -0.25) is 14.4 Å². The SMILES string of the molecule is CN1CCC(C(=O)O)C1c1ccnn1C. The normalized spacial score (nSPS) is 27.1. The van der Waals surface area contributed by atoms with E-state index in [1.807, 2.05) is 20.2 Å². The molecule has 0 saturated carbocycles. The standard InChI is InChI=1S/C10H15N3O2/c1-12-6-4-7(10(14)15)9(12)8-3-5-11-13(8)2/h3,5,7,9H,4,6H2,1-2H3,(H,14,15). The van der Waals surface area contributed by atoms with Crippen LogP contribution in [0.15, 0.2) is 12.3 Å². The molecule has 2 atom stereocenters. The van der Waals surface area contributed by atoms with Crippen molar-refractivity contribution in [3.8, 4) is 0 Å². The molecule has 0 bridgehead atoms. The summed E-state index contributed by atoms with van der Waals surface area (Å²) in [6.45, 7) is 0.826. The maximum atomic E-state index is 11.1. The number of likely N-dealkylation sites (tertiary alicyclic amines) is 1. The Hall–Kier alpha value is -1.36. The van der Waals surface area contributed by atoms with E-state index in [-0.39, 0.29) is 12.0 Å². The molecule has 5 nitrogen and oxygen atoms in total. The molecule has 15 heavy (non-hydrogen) atoms. The fourth-order valence-electron chi connectivity index (χ4n) is 2.31. The average molecular weight is 209 g/mol. The van der Waals surface area contributed by atoms with Gasteiger partial charge in [-0.25, -0.2) is 0 Å². The molecule has 1 aromatic heterocycles. The van der Waals surface area contributed by atoms with Crippen LogP contribution in [0.25, 0.3) is 0 Å². The first-order valence-electron chi connectivity index (χ1n) is 5.02. The minimum absolute atomic E-state index is 0.0463. The molecular weight excluding hydrogens is 194 g/mol. The van der Waals surface area contributed by atoms with E-state index >= 15 is 0 Å². The summed E-state index contributed by atoms with van der Waals surface area (Å²) >= 11 is 0. The molecular formula is C10H15N3O2. The van der Waals surface area contributed by atoms with Gasteiger partial charge in [-0.05, 0) is 26.1 Å². The summed E-state index contributed by atoms with van der Waals surface area (Å²) in [4.78, 5) is 13.2. The molecule has 1 saturated heterocycles. The van der Waals surface area contributed by atoms with Crippen molar-refractivity contribution in [1.29, 1.82) is 0 Å². The number of aliphatic carboxylic acids is 1. The first-order valence-corrected chi connectivity index (χ1v) is 5.02.